The highest BCUT2D eigenvalue weighted by Gasteiger charge is 2.28. The number of nitrogens with zero attached hydrogens (tertiary/aromatic N) is 2. The van der Waals surface area contributed by atoms with Gasteiger partial charge in [-0.15, -0.1) is 0 Å². The van der Waals surface area contributed by atoms with Crippen molar-refractivity contribution >= 4 is 17.9 Å². The first kappa shape index (κ1) is 19.2. The molecule has 8 heteroatoms. The van der Waals surface area contributed by atoms with Crippen LogP contribution in [0.1, 0.15) is 46.2 Å². The van der Waals surface area contributed by atoms with Crippen LogP contribution >= 0.6 is 0 Å². The van der Waals surface area contributed by atoms with E-state index in [0.29, 0.717) is 5.88 Å². The Hall–Kier alpha value is -2.09. The van der Waals surface area contributed by atoms with E-state index in [2.05, 4.69) is 20.7 Å². The first-order valence-corrected chi connectivity index (χ1v) is 8.62. The number of aromatic nitrogens is 1. The molecule has 2 heterocycles. The Bertz CT molecular complexity index is 600. The van der Waals surface area contributed by atoms with Crippen LogP contribution in [0.25, 0.3) is 0 Å². The lowest BCUT2D eigenvalue weighted by atomic mass is 10.0. The molecule has 0 saturated carbocycles. The molecule has 0 spiro atoms. The van der Waals surface area contributed by atoms with Crippen LogP contribution in [0.4, 0.5) is 10.7 Å². The van der Waals surface area contributed by atoms with E-state index in [9.17, 15) is 9.59 Å². The third-order valence-corrected chi connectivity index (χ3v) is 4.05. The van der Waals surface area contributed by atoms with Crippen molar-refractivity contribution in [2.24, 2.45) is 0 Å². The molecule has 8 nitrogen and oxygen atoms in total. The molecule has 1 saturated heterocycles. The first-order chi connectivity index (χ1) is 11.6. The molecule has 140 valence electrons. The number of alkyl carbamates (subject to hydrolysis) is 1. The van der Waals surface area contributed by atoms with Crippen molar-refractivity contribution in [3.63, 3.8) is 0 Å². The monoisotopic (exact) mass is 352 g/mol. The van der Waals surface area contributed by atoms with Crippen molar-refractivity contribution in [3.05, 3.63) is 11.8 Å². The number of ether oxygens (including phenoxy) is 1. The smallest absolute Gasteiger partial charge is 0.407 e. The highest BCUT2D eigenvalue weighted by molar-refractivity contribution is 5.93. The van der Waals surface area contributed by atoms with Crippen LogP contribution in [0.2, 0.25) is 0 Å². The van der Waals surface area contributed by atoms with Gasteiger partial charge in [0.1, 0.15) is 5.60 Å². The second-order valence-corrected chi connectivity index (χ2v) is 7.45. The van der Waals surface area contributed by atoms with Gasteiger partial charge in [0.15, 0.2) is 0 Å². The van der Waals surface area contributed by atoms with Gasteiger partial charge >= 0.3 is 6.09 Å². The summed E-state index contributed by atoms with van der Waals surface area (Å²) in [4.78, 5) is 26.2. The zero-order valence-corrected chi connectivity index (χ0v) is 15.6. The Morgan fingerprint density at radius 3 is 2.52 bits per heavy atom. The molecule has 1 aromatic rings. The largest absolute Gasteiger partial charge is 0.444 e. The standard InChI is InChI=1S/C17H28N4O4/c1-11-10-14(25-20-11)19-15(22)12(2)21-8-6-13(7-9-21)18-16(23)24-17(3,4)5/h10,12-13H,6-9H2,1-5H3,(H,18,23)(H,19,22). The number of nitrogens with one attached hydrogen (secondary N) is 2. The molecule has 2 rings (SSSR count). The topological polar surface area (TPSA) is 96.7 Å². The minimum absolute atomic E-state index is 0.0679. The van der Waals surface area contributed by atoms with Gasteiger partial charge in [-0.25, -0.2) is 4.79 Å². The van der Waals surface area contributed by atoms with Gasteiger partial charge < -0.3 is 14.6 Å². The van der Waals surface area contributed by atoms with Crippen molar-refractivity contribution < 1.29 is 18.8 Å². The van der Waals surface area contributed by atoms with Gasteiger partial charge in [0.2, 0.25) is 11.8 Å². The number of aryl methyl sites for hydroxylation is 1. The summed E-state index contributed by atoms with van der Waals surface area (Å²) >= 11 is 0. The van der Waals surface area contributed by atoms with E-state index in [-0.39, 0.29) is 18.0 Å². The van der Waals surface area contributed by atoms with Crippen LogP contribution in [0.3, 0.4) is 0 Å². The van der Waals surface area contributed by atoms with Gasteiger partial charge in [0, 0.05) is 25.2 Å². The van der Waals surface area contributed by atoms with Gasteiger partial charge in [-0.3, -0.25) is 15.0 Å². The second kappa shape index (κ2) is 7.86. The molecule has 0 aliphatic carbocycles. The maximum Gasteiger partial charge on any atom is 0.407 e. The summed E-state index contributed by atoms with van der Waals surface area (Å²) in [5.74, 6) is 0.227. The van der Waals surface area contributed by atoms with Crippen molar-refractivity contribution in [2.75, 3.05) is 18.4 Å². The zero-order chi connectivity index (χ0) is 18.6. The molecule has 1 aromatic heterocycles. The van der Waals surface area contributed by atoms with Crippen LogP contribution in [0.15, 0.2) is 10.6 Å². The molecule has 0 aromatic carbocycles. The van der Waals surface area contributed by atoms with E-state index in [4.69, 9.17) is 9.26 Å². The van der Waals surface area contributed by atoms with Crippen molar-refractivity contribution in [2.45, 2.75) is 65.1 Å². The average molecular weight is 352 g/mol. The number of amides is 2. The van der Waals surface area contributed by atoms with E-state index in [1.807, 2.05) is 27.7 Å². The minimum Gasteiger partial charge on any atom is -0.444 e. The lowest BCUT2D eigenvalue weighted by Gasteiger charge is -2.35. The maximum absolute atomic E-state index is 12.3. The SMILES string of the molecule is Cc1cc(NC(=O)C(C)N2CCC(NC(=O)OC(C)(C)C)CC2)on1. The summed E-state index contributed by atoms with van der Waals surface area (Å²) in [6, 6.07) is 1.47. The van der Waals surface area contributed by atoms with Gasteiger partial charge in [0.05, 0.1) is 11.7 Å². The highest BCUT2D eigenvalue weighted by Crippen LogP contribution is 2.16. The van der Waals surface area contributed by atoms with Crippen molar-refractivity contribution in [1.82, 2.24) is 15.4 Å². The average Bonchev–Trinajstić information content (AvgIpc) is 2.90. The molecule has 25 heavy (non-hydrogen) atoms. The van der Waals surface area contributed by atoms with Gasteiger partial charge in [-0.05, 0) is 47.5 Å². The van der Waals surface area contributed by atoms with Gasteiger partial charge in [0.25, 0.3) is 0 Å². The van der Waals surface area contributed by atoms with E-state index in [1.165, 1.54) is 0 Å². The summed E-state index contributed by atoms with van der Waals surface area (Å²) in [6.07, 6.45) is 1.16. The zero-order valence-electron chi connectivity index (χ0n) is 15.6. The Balaban J connectivity index is 1.77. The Labute approximate surface area is 148 Å². The molecule has 0 bridgehead atoms. The molecule has 2 amide bonds. The number of likely N-dealkylation sites (tertiary alicyclic amines) is 1. The third kappa shape index (κ3) is 6.04. The van der Waals surface area contributed by atoms with E-state index in [1.54, 1.807) is 13.0 Å². The van der Waals surface area contributed by atoms with Crippen LogP contribution in [0.5, 0.6) is 0 Å². The number of rotatable bonds is 4. The van der Waals surface area contributed by atoms with Gasteiger partial charge in [-0.2, -0.15) is 0 Å². The predicted molar refractivity (Wildman–Crippen MR) is 93.3 cm³/mol. The molecule has 2 N–H and O–H groups in total. The lowest BCUT2D eigenvalue weighted by Crippen LogP contribution is -2.51. The number of carbonyl (C=O) groups excluding carboxylic acids is 2. The molecule has 1 unspecified atom stereocenters. The first-order valence-electron chi connectivity index (χ1n) is 8.62. The quantitative estimate of drug-likeness (QED) is 0.863. The molecular weight excluding hydrogens is 324 g/mol. The summed E-state index contributed by atoms with van der Waals surface area (Å²) in [5.41, 5.74) is 0.216. The van der Waals surface area contributed by atoms with E-state index in [0.717, 1.165) is 31.6 Å². The summed E-state index contributed by atoms with van der Waals surface area (Å²) < 4.78 is 10.3. The number of hydrogen-bond acceptors (Lipinski definition) is 6. The molecule has 1 aliphatic heterocycles. The third-order valence-electron chi connectivity index (χ3n) is 4.05. The van der Waals surface area contributed by atoms with Crippen molar-refractivity contribution in [3.8, 4) is 0 Å². The van der Waals surface area contributed by atoms with E-state index < -0.39 is 11.7 Å². The number of piperidine rings is 1. The number of anilines is 1. The summed E-state index contributed by atoms with van der Waals surface area (Å²) in [6.45, 7) is 10.6. The number of hydrogen-bond donors (Lipinski definition) is 2. The van der Waals surface area contributed by atoms with Gasteiger partial charge in [-0.1, -0.05) is 5.16 Å². The fraction of sp³-hybridized carbons (Fsp3) is 0.706. The molecular formula is C17H28N4O4. The van der Waals surface area contributed by atoms with Crippen molar-refractivity contribution in [1.29, 1.82) is 0 Å². The van der Waals surface area contributed by atoms with Crippen LogP contribution in [-0.4, -0.2) is 52.8 Å². The Kier molecular flexibility index (Phi) is 6.05. The molecule has 1 atom stereocenters. The fourth-order valence-electron chi connectivity index (χ4n) is 2.72. The summed E-state index contributed by atoms with van der Waals surface area (Å²) in [7, 11) is 0. The fourth-order valence-corrected chi connectivity index (χ4v) is 2.72. The molecule has 0 radical (unpaired) electrons. The van der Waals surface area contributed by atoms with E-state index >= 15 is 0 Å². The molecule has 1 fully saturated rings. The normalized spacial score (nSPS) is 17.8. The van der Waals surface area contributed by atoms with Crippen LogP contribution in [-0.2, 0) is 9.53 Å². The van der Waals surface area contributed by atoms with Crippen LogP contribution < -0.4 is 10.6 Å². The second-order valence-electron chi connectivity index (χ2n) is 7.45. The molecule has 1 aliphatic rings. The predicted octanol–water partition coefficient (Wildman–Crippen LogP) is 2.30. The Morgan fingerprint density at radius 2 is 2.00 bits per heavy atom. The lowest BCUT2D eigenvalue weighted by molar-refractivity contribution is -0.121. The maximum atomic E-state index is 12.3. The summed E-state index contributed by atoms with van der Waals surface area (Å²) in [5, 5.41) is 9.37. The number of carbonyl (C=O) groups is 2. The highest BCUT2D eigenvalue weighted by atomic mass is 16.6. The Morgan fingerprint density at radius 1 is 1.36 bits per heavy atom. The van der Waals surface area contributed by atoms with Crippen LogP contribution in [0, 0.1) is 6.92 Å². The minimum atomic E-state index is -0.504.